The summed E-state index contributed by atoms with van der Waals surface area (Å²) in [4.78, 5) is 3.19. The highest BCUT2D eigenvalue weighted by Crippen LogP contribution is 2.41. The van der Waals surface area contributed by atoms with Crippen molar-refractivity contribution in [2.24, 2.45) is 0 Å². The fourth-order valence-corrected chi connectivity index (χ4v) is 4.16. The highest BCUT2D eigenvalue weighted by molar-refractivity contribution is 5.54. The number of hydrogen-bond acceptors (Lipinski definition) is 5. The standard InChI is InChI=1S/C22H28N2O5/c1-25-18-5-4-16(10-19(18)26-2)13-23-6-8-24(9-7-23)14-17-11-20(27-3)22-21(12-17)28-15-29-22/h4-5,10-12H,6-9,13-15H2,1-3H3/p+2. The van der Waals surface area contributed by atoms with E-state index >= 15 is 0 Å². The van der Waals surface area contributed by atoms with E-state index in [1.165, 1.54) is 11.1 Å². The Morgan fingerprint density at radius 2 is 1.34 bits per heavy atom. The highest BCUT2D eigenvalue weighted by Gasteiger charge is 2.26. The van der Waals surface area contributed by atoms with Crippen LogP contribution in [0.1, 0.15) is 11.1 Å². The van der Waals surface area contributed by atoms with Crippen molar-refractivity contribution in [1.29, 1.82) is 0 Å². The Balaban J connectivity index is 1.33. The first-order chi connectivity index (χ1) is 14.2. The molecule has 0 spiro atoms. The molecule has 1 fully saturated rings. The molecule has 0 unspecified atom stereocenters. The second kappa shape index (κ2) is 8.80. The molecule has 0 amide bonds. The smallest absolute Gasteiger partial charge is 0.231 e. The zero-order valence-corrected chi connectivity index (χ0v) is 17.4. The van der Waals surface area contributed by atoms with Gasteiger partial charge < -0.3 is 33.5 Å². The van der Waals surface area contributed by atoms with Gasteiger partial charge in [0.1, 0.15) is 39.3 Å². The van der Waals surface area contributed by atoms with Crippen LogP contribution in [0, 0.1) is 0 Å². The zero-order chi connectivity index (χ0) is 20.2. The topological polar surface area (TPSA) is 55.0 Å². The summed E-state index contributed by atoms with van der Waals surface area (Å²) in [7, 11) is 5.02. The zero-order valence-electron chi connectivity index (χ0n) is 17.4. The molecule has 0 bridgehead atoms. The van der Waals surface area contributed by atoms with E-state index in [2.05, 4.69) is 24.3 Å². The number of quaternary nitrogens is 2. The number of fused-ring (bicyclic) bond motifs is 1. The summed E-state index contributed by atoms with van der Waals surface area (Å²) in [6.07, 6.45) is 0. The summed E-state index contributed by atoms with van der Waals surface area (Å²) < 4.78 is 27.3. The molecule has 4 rings (SSSR count). The van der Waals surface area contributed by atoms with Crippen LogP contribution in [0.3, 0.4) is 0 Å². The van der Waals surface area contributed by atoms with Crippen LogP contribution in [-0.2, 0) is 13.1 Å². The molecule has 0 aromatic heterocycles. The number of benzene rings is 2. The molecule has 2 aromatic rings. The molecule has 2 aliphatic heterocycles. The first-order valence-corrected chi connectivity index (χ1v) is 10.0. The summed E-state index contributed by atoms with van der Waals surface area (Å²) >= 11 is 0. The third kappa shape index (κ3) is 4.36. The molecule has 1 saturated heterocycles. The molecule has 2 N–H and O–H groups in total. The number of rotatable bonds is 7. The molecule has 0 aliphatic carbocycles. The molecule has 7 nitrogen and oxygen atoms in total. The lowest BCUT2D eigenvalue weighted by Crippen LogP contribution is -3.27. The average Bonchev–Trinajstić information content (AvgIpc) is 3.23. The maximum atomic E-state index is 5.55. The molecule has 0 atom stereocenters. The Labute approximate surface area is 171 Å². The van der Waals surface area contributed by atoms with Crippen molar-refractivity contribution in [2.45, 2.75) is 13.1 Å². The van der Waals surface area contributed by atoms with Gasteiger partial charge in [-0.25, -0.2) is 0 Å². The van der Waals surface area contributed by atoms with E-state index in [1.54, 1.807) is 31.1 Å². The van der Waals surface area contributed by atoms with Crippen LogP contribution in [0.15, 0.2) is 30.3 Å². The highest BCUT2D eigenvalue weighted by atomic mass is 16.7. The first-order valence-electron chi connectivity index (χ1n) is 10.0. The van der Waals surface area contributed by atoms with Crippen LogP contribution in [0.2, 0.25) is 0 Å². The van der Waals surface area contributed by atoms with E-state index < -0.39 is 0 Å². The van der Waals surface area contributed by atoms with Crippen LogP contribution in [-0.4, -0.2) is 54.3 Å². The van der Waals surface area contributed by atoms with Crippen LogP contribution >= 0.6 is 0 Å². The summed E-state index contributed by atoms with van der Waals surface area (Å²) in [5.74, 6) is 3.84. The predicted molar refractivity (Wildman–Crippen MR) is 107 cm³/mol. The van der Waals surface area contributed by atoms with E-state index in [9.17, 15) is 0 Å². The molecule has 2 aromatic carbocycles. The Morgan fingerprint density at radius 1 is 0.724 bits per heavy atom. The van der Waals surface area contributed by atoms with Crippen molar-refractivity contribution in [3.8, 4) is 28.7 Å². The Hall–Kier alpha value is -2.64. The molecule has 156 valence electrons. The Kier molecular flexibility index (Phi) is 5.97. The summed E-state index contributed by atoms with van der Waals surface area (Å²) in [6, 6.07) is 10.4. The van der Waals surface area contributed by atoms with Crippen molar-refractivity contribution >= 4 is 0 Å². The minimum atomic E-state index is 0.264. The van der Waals surface area contributed by atoms with E-state index in [0.29, 0.717) is 0 Å². The van der Waals surface area contributed by atoms with Crippen LogP contribution < -0.4 is 33.5 Å². The predicted octanol–water partition coefficient (Wildman–Crippen LogP) is -0.0753. The Morgan fingerprint density at radius 3 is 2.00 bits per heavy atom. The third-order valence-corrected chi connectivity index (χ3v) is 5.74. The minimum Gasteiger partial charge on any atom is -0.493 e. The SMILES string of the molecule is COc1ccc(C[NH+]2CC[NH+](Cc3cc(OC)c4c(c3)OCO4)CC2)cc1OC. The monoisotopic (exact) mass is 402 g/mol. The maximum Gasteiger partial charge on any atom is 0.231 e. The van der Waals surface area contributed by atoms with Crippen molar-refractivity contribution < 1.29 is 33.5 Å². The van der Waals surface area contributed by atoms with Crippen molar-refractivity contribution in [1.82, 2.24) is 0 Å². The molecule has 7 heteroatoms. The second-order valence-corrected chi connectivity index (χ2v) is 7.57. The van der Waals surface area contributed by atoms with Gasteiger partial charge in [0.15, 0.2) is 23.0 Å². The second-order valence-electron chi connectivity index (χ2n) is 7.57. The van der Waals surface area contributed by atoms with Crippen LogP contribution in [0.25, 0.3) is 0 Å². The number of ether oxygens (including phenoxy) is 5. The Bertz CT molecular complexity index is 849. The quantitative estimate of drug-likeness (QED) is 0.679. The van der Waals surface area contributed by atoms with Gasteiger partial charge in [-0.3, -0.25) is 0 Å². The third-order valence-electron chi connectivity index (χ3n) is 5.74. The van der Waals surface area contributed by atoms with Crippen molar-refractivity contribution in [2.75, 3.05) is 54.3 Å². The van der Waals surface area contributed by atoms with E-state index in [4.69, 9.17) is 23.7 Å². The molecule has 29 heavy (non-hydrogen) atoms. The fraction of sp³-hybridized carbons (Fsp3) is 0.455. The number of piperazine rings is 1. The molecule has 0 saturated carbocycles. The van der Waals surface area contributed by atoms with Crippen molar-refractivity contribution in [3.05, 3.63) is 41.5 Å². The van der Waals surface area contributed by atoms with Crippen LogP contribution in [0.4, 0.5) is 0 Å². The van der Waals surface area contributed by atoms with Crippen LogP contribution in [0.5, 0.6) is 28.7 Å². The van der Waals surface area contributed by atoms with E-state index in [1.807, 2.05) is 6.07 Å². The summed E-state index contributed by atoms with van der Waals surface area (Å²) in [5.41, 5.74) is 2.51. The fourth-order valence-electron chi connectivity index (χ4n) is 4.16. The minimum absolute atomic E-state index is 0.264. The normalized spacial score (nSPS) is 20.4. The van der Waals surface area contributed by atoms with Gasteiger partial charge in [0.05, 0.1) is 21.3 Å². The van der Waals surface area contributed by atoms with Gasteiger partial charge in [0.2, 0.25) is 12.5 Å². The van der Waals surface area contributed by atoms with Gasteiger partial charge in [-0.1, -0.05) is 0 Å². The van der Waals surface area contributed by atoms with Crippen molar-refractivity contribution in [3.63, 3.8) is 0 Å². The van der Waals surface area contributed by atoms with Gasteiger partial charge in [0, 0.05) is 11.1 Å². The molecular weight excluding hydrogens is 372 g/mol. The molecular formula is C22H30N2O5+2. The molecule has 2 heterocycles. The van der Waals surface area contributed by atoms with Gasteiger partial charge in [-0.2, -0.15) is 0 Å². The lowest BCUT2D eigenvalue weighted by atomic mass is 10.1. The number of nitrogens with one attached hydrogen (secondary N) is 2. The van der Waals surface area contributed by atoms with Gasteiger partial charge >= 0.3 is 0 Å². The van der Waals surface area contributed by atoms with Gasteiger partial charge in [-0.05, 0) is 30.3 Å². The summed E-state index contributed by atoms with van der Waals surface area (Å²) in [6.45, 7) is 6.80. The lowest BCUT2D eigenvalue weighted by Gasteiger charge is -2.30. The van der Waals surface area contributed by atoms with Gasteiger partial charge in [-0.15, -0.1) is 0 Å². The summed E-state index contributed by atoms with van der Waals surface area (Å²) in [5, 5.41) is 0. The first kappa shape index (κ1) is 19.7. The molecule has 0 radical (unpaired) electrons. The number of hydrogen-bond donors (Lipinski definition) is 2. The van der Waals surface area contributed by atoms with Gasteiger partial charge in [0.25, 0.3) is 0 Å². The average molecular weight is 402 g/mol. The number of methoxy groups -OCH3 is 3. The lowest BCUT2D eigenvalue weighted by molar-refractivity contribution is -1.02. The van der Waals surface area contributed by atoms with E-state index in [-0.39, 0.29) is 6.79 Å². The van der Waals surface area contributed by atoms with E-state index in [0.717, 1.165) is 68.0 Å². The largest absolute Gasteiger partial charge is 0.493 e. The molecule has 2 aliphatic rings. The maximum absolute atomic E-state index is 5.55.